The van der Waals surface area contributed by atoms with Gasteiger partial charge in [0.25, 0.3) is 0 Å². The van der Waals surface area contributed by atoms with Gasteiger partial charge in [-0.05, 0) is 97.9 Å². The van der Waals surface area contributed by atoms with E-state index in [0.29, 0.717) is 0 Å². The van der Waals surface area contributed by atoms with E-state index in [1.165, 1.54) is 11.1 Å². The lowest BCUT2D eigenvalue weighted by Gasteiger charge is -2.19. The first kappa shape index (κ1) is 35.6. The third kappa shape index (κ3) is 4.87. The van der Waals surface area contributed by atoms with Crippen LogP contribution in [0.25, 0.3) is 154 Å². The molecule has 0 saturated heterocycles. The van der Waals surface area contributed by atoms with Crippen LogP contribution < -0.4 is 0 Å². The maximum atomic E-state index is 6.95. The summed E-state index contributed by atoms with van der Waals surface area (Å²) in [5.74, 6) is 0. The Kier molecular flexibility index (Phi) is 7.19. The summed E-state index contributed by atoms with van der Waals surface area (Å²) in [5.41, 5.74) is 15.5. The highest BCUT2D eigenvalue weighted by Gasteiger charge is 2.26. The molecular formula is C62H34O4. The lowest BCUT2D eigenvalue weighted by atomic mass is 9.83. The van der Waals surface area contributed by atoms with Gasteiger partial charge in [-0.1, -0.05) is 158 Å². The van der Waals surface area contributed by atoms with Gasteiger partial charge in [0.15, 0.2) is 0 Å². The molecule has 0 N–H and O–H groups in total. The van der Waals surface area contributed by atoms with Crippen LogP contribution in [0.4, 0.5) is 0 Å². The van der Waals surface area contributed by atoms with E-state index in [-0.39, 0.29) is 0 Å². The van der Waals surface area contributed by atoms with Crippen LogP contribution in [0.2, 0.25) is 0 Å². The minimum atomic E-state index is 0.835. The fourth-order valence-electron chi connectivity index (χ4n) is 11.1. The number of fused-ring (bicyclic) bond motifs is 14. The van der Waals surface area contributed by atoms with Crippen molar-refractivity contribution in [3.05, 3.63) is 206 Å². The van der Waals surface area contributed by atoms with Gasteiger partial charge in [-0.25, -0.2) is 0 Å². The molecule has 306 valence electrons. The molecule has 0 fully saturated rings. The van der Waals surface area contributed by atoms with Crippen LogP contribution in [0, 0.1) is 0 Å². The predicted molar refractivity (Wildman–Crippen MR) is 272 cm³/mol. The number of benzene rings is 11. The van der Waals surface area contributed by atoms with E-state index in [1.807, 2.05) is 36.4 Å². The molecule has 15 aromatic rings. The lowest BCUT2D eigenvalue weighted by molar-refractivity contribution is 0.665. The molecule has 4 heteroatoms. The SMILES string of the molecule is c1ccc2c(c1)oc1cc(-c3ccc(-c4c5ccccc5c(-c5ccc(-c6cccc7c6oc6ccccc67)c6oc7ccccc7c56)c5ccccc45)c4c3oc3ccccc34)ccc12. The van der Waals surface area contributed by atoms with Gasteiger partial charge in [-0.2, -0.15) is 0 Å². The highest BCUT2D eigenvalue weighted by molar-refractivity contribution is 6.30. The Morgan fingerprint density at radius 3 is 1.17 bits per heavy atom. The highest BCUT2D eigenvalue weighted by Crippen LogP contribution is 2.52. The topological polar surface area (TPSA) is 52.6 Å². The van der Waals surface area contributed by atoms with E-state index in [0.717, 1.165) is 143 Å². The van der Waals surface area contributed by atoms with Gasteiger partial charge in [0.2, 0.25) is 0 Å². The van der Waals surface area contributed by atoms with Crippen LogP contribution in [0.1, 0.15) is 0 Å². The van der Waals surface area contributed by atoms with Gasteiger partial charge in [-0.3, -0.25) is 0 Å². The molecule has 11 aromatic carbocycles. The number of furan rings is 4. The van der Waals surface area contributed by atoms with Crippen LogP contribution in [-0.4, -0.2) is 0 Å². The zero-order valence-corrected chi connectivity index (χ0v) is 35.3. The first-order valence-corrected chi connectivity index (χ1v) is 22.4. The smallest absolute Gasteiger partial charge is 0.144 e. The van der Waals surface area contributed by atoms with Gasteiger partial charge >= 0.3 is 0 Å². The first-order chi connectivity index (χ1) is 32.7. The summed E-state index contributed by atoms with van der Waals surface area (Å²) in [5, 5.41) is 13.3. The van der Waals surface area contributed by atoms with Crippen LogP contribution in [0.5, 0.6) is 0 Å². The van der Waals surface area contributed by atoms with Gasteiger partial charge in [0.05, 0.1) is 0 Å². The summed E-state index contributed by atoms with van der Waals surface area (Å²) < 4.78 is 26.9. The van der Waals surface area contributed by atoms with Crippen LogP contribution in [0.15, 0.2) is 224 Å². The van der Waals surface area contributed by atoms with Crippen molar-refractivity contribution in [3.8, 4) is 44.5 Å². The van der Waals surface area contributed by atoms with Crippen LogP contribution >= 0.6 is 0 Å². The zero-order chi connectivity index (χ0) is 43.0. The second kappa shape index (κ2) is 13.3. The van der Waals surface area contributed by atoms with Crippen molar-refractivity contribution in [3.63, 3.8) is 0 Å². The Balaban J connectivity index is 1.01. The Morgan fingerprint density at radius 2 is 0.591 bits per heavy atom. The third-order valence-electron chi connectivity index (χ3n) is 13.9. The fourth-order valence-corrected chi connectivity index (χ4v) is 11.1. The minimum Gasteiger partial charge on any atom is -0.456 e. The second-order valence-corrected chi connectivity index (χ2v) is 17.4. The van der Waals surface area contributed by atoms with Crippen molar-refractivity contribution in [2.45, 2.75) is 0 Å². The van der Waals surface area contributed by atoms with Crippen molar-refractivity contribution in [1.82, 2.24) is 0 Å². The van der Waals surface area contributed by atoms with Gasteiger partial charge < -0.3 is 17.7 Å². The number of hydrogen-bond acceptors (Lipinski definition) is 4. The summed E-state index contributed by atoms with van der Waals surface area (Å²) in [6.07, 6.45) is 0. The van der Waals surface area contributed by atoms with E-state index in [2.05, 4.69) is 170 Å². The highest BCUT2D eigenvalue weighted by atomic mass is 16.3. The normalized spacial score (nSPS) is 12.2. The van der Waals surface area contributed by atoms with Crippen LogP contribution in [0.3, 0.4) is 0 Å². The van der Waals surface area contributed by atoms with Crippen molar-refractivity contribution >= 4 is 109 Å². The van der Waals surface area contributed by atoms with Gasteiger partial charge in [0.1, 0.15) is 44.7 Å². The zero-order valence-electron chi connectivity index (χ0n) is 35.3. The maximum absolute atomic E-state index is 6.95. The number of para-hydroxylation sites is 5. The number of hydrogen-bond donors (Lipinski definition) is 0. The first-order valence-electron chi connectivity index (χ1n) is 22.4. The maximum Gasteiger partial charge on any atom is 0.144 e. The molecule has 0 unspecified atom stereocenters. The average molecular weight is 843 g/mol. The third-order valence-corrected chi connectivity index (χ3v) is 13.9. The fraction of sp³-hybridized carbons (Fsp3) is 0. The molecule has 0 radical (unpaired) electrons. The molecule has 4 heterocycles. The van der Waals surface area contributed by atoms with E-state index in [9.17, 15) is 0 Å². The summed E-state index contributed by atoms with van der Waals surface area (Å²) in [4.78, 5) is 0. The van der Waals surface area contributed by atoms with Crippen LogP contribution in [-0.2, 0) is 0 Å². The van der Waals surface area contributed by atoms with Crippen molar-refractivity contribution < 1.29 is 17.7 Å². The molecule has 15 rings (SSSR count). The molecule has 0 aliphatic rings. The molecule has 0 saturated carbocycles. The van der Waals surface area contributed by atoms with E-state index < -0.39 is 0 Å². The van der Waals surface area contributed by atoms with E-state index >= 15 is 0 Å². The summed E-state index contributed by atoms with van der Waals surface area (Å²) >= 11 is 0. The predicted octanol–water partition coefficient (Wildman–Crippen LogP) is 18.3. The standard InChI is InChI=1S/C62H34O4/c1-3-18-42-40(16-1)56(49-32-30-36(61-58(49)47-20-7-11-26-53(47)65-61)35-28-29-39-37-14-5-9-24-51(37)63-55(39)34-35)41-17-2-4-19-43(41)57(42)50-33-31-46(62-59(50)48-21-8-12-27-54(48)66-62)45-23-13-22-44-38-15-6-10-25-52(38)64-60(44)45/h1-34H. The van der Waals surface area contributed by atoms with E-state index in [4.69, 9.17) is 17.7 Å². The second-order valence-electron chi connectivity index (χ2n) is 17.4. The molecule has 66 heavy (non-hydrogen) atoms. The lowest BCUT2D eigenvalue weighted by Crippen LogP contribution is -1.93. The Hall–Kier alpha value is -8.86. The summed E-state index contributed by atoms with van der Waals surface area (Å²) in [6, 6.07) is 73.0. The molecule has 0 aliphatic carbocycles. The Bertz CT molecular complexity index is 4480. The van der Waals surface area contributed by atoms with Gasteiger partial charge in [0, 0.05) is 59.8 Å². The summed E-state index contributed by atoms with van der Waals surface area (Å²) in [6.45, 7) is 0. The largest absolute Gasteiger partial charge is 0.456 e. The molecule has 4 nitrogen and oxygen atoms in total. The van der Waals surface area contributed by atoms with Crippen molar-refractivity contribution in [1.29, 1.82) is 0 Å². The van der Waals surface area contributed by atoms with Gasteiger partial charge in [-0.15, -0.1) is 0 Å². The molecule has 0 aliphatic heterocycles. The molecule has 0 atom stereocenters. The molecule has 0 bridgehead atoms. The molecule has 0 amide bonds. The Labute approximate surface area is 376 Å². The summed E-state index contributed by atoms with van der Waals surface area (Å²) in [7, 11) is 0. The Morgan fingerprint density at radius 1 is 0.212 bits per heavy atom. The average Bonchev–Trinajstić information content (AvgIpc) is 4.16. The van der Waals surface area contributed by atoms with E-state index in [1.54, 1.807) is 0 Å². The van der Waals surface area contributed by atoms with Crippen molar-refractivity contribution in [2.75, 3.05) is 0 Å². The monoisotopic (exact) mass is 842 g/mol. The molecule has 0 spiro atoms. The molecule has 4 aromatic heterocycles. The molecular weight excluding hydrogens is 809 g/mol. The number of rotatable bonds is 4. The quantitative estimate of drug-likeness (QED) is 0.166. The van der Waals surface area contributed by atoms with Crippen molar-refractivity contribution in [2.24, 2.45) is 0 Å². The minimum absolute atomic E-state index is 0.835.